The van der Waals surface area contributed by atoms with Gasteiger partial charge in [0, 0.05) is 18.7 Å². The third-order valence-corrected chi connectivity index (χ3v) is 5.78. The molecule has 0 atom stereocenters. The first-order valence-corrected chi connectivity index (χ1v) is 10.5. The molecule has 1 N–H and O–H groups in total. The number of benzene rings is 2. The van der Waals surface area contributed by atoms with Gasteiger partial charge in [-0.2, -0.15) is 0 Å². The number of ether oxygens (including phenoxy) is 3. The van der Waals surface area contributed by atoms with Gasteiger partial charge >= 0.3 is 0 Å². The monoisotopic (exact) mass is 426 g/mol. The second-order valence-electron chi connectivity index (χ2n) is 7.62. The number of nitrogens with zero attached hydrogens (tertiary/aromatic N) is 1. The van der Waals surface area contributed by atoms with Crippen molar-refractivity contribution < 1.29 is 23.8 Å². The highest BCUT2D eigenvalue weighted by Crippen LogP contribution is 2.38. The summed E-state index contributed by atoms with van der Waals surface area (Å²) in [6.45, 7) is 0. The molecule has 1 fully saturated rings. The Morgan fingerprint density at radius 1 is 0.935 bits per heavy atom. The van der Waals surface area contributed by atoms with Crippen LogP contribution in [0.4, 0.5) is 5.69 Å². The highest BCUT2D eigenvalue weighted by atomic mass is 16.5. The van der Waals surface area contributed by atoms with E-state index in [1.54, 1.807) is 36.4 Å². The number of hydrogen-bond donors (Lipinski definition) is 1. The van der Waals surface area contributed by atoms with Crippen molar-refractivity contribution in [1.82, 2.24) is 4.90 Å². The average molecular weight is 427 g/mol. The van der Waals surface area contributed by atoms with Crippen LogP contribution in [0.5, 0.6) is 17.2 Å². The number of amides is 2. The van der Waals surface area contributed by atoms with Gasteiger partial charge in [0.2, 0.25) is 5.75 Å². The van der Waals surface area contributed by atoms with E-state index in [4.69, 9.17) is 14.2 Å². The van der Waals surface area contributed by atoms with E-state index in [2.05, 4.69) is 5.32 Å². The molecule has 166 valence electrons. The van der Waals surface area contributed by atoms with Gasteiger partial charge in [-0.3, -0.25) is 9.59 Å². The van der Waals surface area contributed by atoms with Gasteiger partial charge in [-0.25, -0.2) is 0 Å². The van der Waals surface area contributed by atoms with Crippen LogP contribution < -0.4 is 19.5 Å². The molecule has 0 bridgehead atoms. The standard InChI is InChI=1S/C24H30N2O5/c1-26(17-10-6-5-7-11-17)24(28)18-12-8-9-13-19(18)25-23(27)16-14-20(29-2)22(31-4)21(15-16)30-3/h8-9,12-15,17H,5-7,10-11H2,1-4H3,(H,25,27). The van der Waals surface area contributed by atoms with Crippen molar-refractivity contribution in [3.8, 4) is 17.2 Å². The number of carbonyl (C=O) groups is 2. The van der Waals surface area contributed by atoms with Crippen LogP contribution in [0.1, 0.15) is 52.8 Å². The molecule has 0 aromatic heterocycles. The Labute approximate surface area is 183 Å². The van der Waals surface area contributed by atoms with E-state index in [1.165, 1.54) is 27.8 Å². The third kappa shape index (κ3) is 4.93. The van der Waals surface area contributed by atoms with E-state index in [0.717, 1.165) is 25.7 Å². The first kappa shape index (κ1) is 22.5. The zero-order valence-corrected chi connectivity index (χ0v) is 18.6. The zero-order valence-electron chi connectivity index (χ0n) is 18.6. The average Bonchev–Trinajstić information content (AvgIpc) is 2.82. The van der Waals surface area contributed by atoms with Gasteiger partial charge in [0.25, 0.3) is 11.8 Å². The molecular formula is C24H30N2O5. The van der Waals surface area contributed by atoms with E-state index < -0.39 is 0 Å². The van der Waals surface area contributed by atoms with Crippen LogP contribution in [0.25, 0.3) is 0 Å². The number of methoxy groups -OCH3 is 3. The molecule has 3 rings (SSSR count). The molecule has 0 radical (unpaired) electrons. The Kier molecular flexibility index (Phi) is 7.39. The third-order valence-electron chi connectivity index (χ3n) is 5.78. The maximum absolute atomic E-state index is 13.2. The van der Waals surface area contributed by atoms with E-state index in [0.29, 0.717) is 34.1 Å². The number of para-hydroxylation sites is 1. The highest BCUT2D eigenvalue weighted by molar-refractivity contribution is 6.09. The van der Waals surface area contributed by atoms with Crippen molar-refractivity contribution in [1.29, 1.82) is 0 Å². The molecule has 2 aromatic carbocycles. The molecule has 2 amide bonds. The van der Waals surface area contributed by atoms with Gasteiger partial charge in [-0.1, -0.05) is 31.4 Å². The molecule has 0 aliphatic heterocycles. The van der Waals surface area contributed by atoms with E-state index in [-0.39, 0.29) is 17.9 Å². The summed E-state index contributed by atoms with van der Waals surface area (Å²) < 4.78 is 16.0. The molecule has 0 unspecified atom stereocenters. The molecular weight excluding hydrogens is 396 g/mol. The molecule has 2 aromatic rings. The van der Waals surface area contributed by atoms with Gasteiger partial charge in [-0.05, 0) is 37.1 Å². The summed E-state index contributed by atoms with van der Waals surface area (Å²) in [5, 5.41) is 2.87. The fourth-order valence-electron chi connectivity index (χ4n) is 4.01. The minimum absolute atomic E-state index is 0.0901. The van der Waals surface area contributed by atoms with Crippen LogP contribution in [0, 0.1) is 0 Å². The first-order chi connectivity index (χ1) is 15.0. The number of nitrogens with one attached hydrogen (secondary N) is 1. The minimum atomic E-state index is -0.375. The van der Waals surface area contributed by atoms with Crippen molar-refractivity contribution in [2.45, 2.75) is 38.1 Å². The molecule has 0 spiro atoms. The van der Waals surface area contributed by atoms with Crippen molar-refractivity contribution in [3.05, 3.63) is 47.5 Å². The van der Waals surface area contributed by atoms with Crippen molar-refractivity contribution >= 4 is 17.5 Å². The lowest BCUT2D eigenvalue weighted by Crippen LogP contribution is -2.38. The fourth-order valence-corrected chi connectivity index (χ4v) is 4.01. The highest BCUT2D eigenvalue weighted by Gasteiger charge is 2.25. The maximum atomic E-state index is 13.2. The molecule has 7 nitrogen and oxygen atoms in total. The zero-order chi connectivity index (χ0) is 22.4. The SMILES string of the molecule is COc1cc(C(=O)Nc2ccccc2C(=O)N(C)C2CCCCC2)cc(OC)c1OC. The van der Waals surface area contributed by atoms with E-state index in [9.17, 15) is 9.59 Å². The normalized spacial score (nSPS) is 13.9. The van der Waals surface area contributed by atoms with E-state index in [1.807, 2.05) is 11.9 Å². The fraction of sp³-hybridized carbons (Fsp3) is 0.417. The summed E-state index contributed by atoms with van der Waals surface area (Å²) in [6, 6.07) is 10.5. The van der Waals surface area contributed by atoms with Crippen molar-refractivity contribution in [2.24, 2.45) is 0 Å². The van der Waals surface area contributed by atoms with E-state index >= 15 is 0 Å². The number of carbonyl (C=O) groups excluding carboxylic acids is 2. The lowest BCUT2D eigenvalue weighted by Gasteiger charge is -2.31. The Morgan fingerprint density at radius 3 is 2.13 bits per heavy atom. The predicted molar refractivity (Wildman–Crippen MR) is 119 cm³/mol. The van der Waals surface area contributed by atoms with Gasteiger partial charge in [0.15, 0.2) is 11.5 Å². The molecule has 0 heterocycles. The largest absolute Gasteiger partial charge is 0.493 e. The minimum Gasteiger partial charge on any atom is -0.493 e. The molecule has 31 heavy (non-hydrogen) atoms. The lowest BCUT2D eigenvalue weighted by molar-refractivity contribution is 0.0697. The lowest BCUT2D eigenvalue weighted by atomic mass is 9.94. The number of anilines is 1. The summed E-state index contributed by atoms with van der Waals surface area (Å²) >= 11 is 0. The van der Waals surface area contributed by atoms with Gasteiger partial charge in [0.05, 0.1) is 32.6 Å². The molecule has 1 aliphatic rings. The second kappa shape index (κ2) is 10.2. The molecule has 7 heteroatoms. The Hall–Kier alpha value is -3.22. The van der Waals surface area contributed by atoms with Crippen LogP contribution >= 0.6 is 0 Å². The number of hydrogen-bond acceptors (Lipinski definition) is 5. The van der Waals surface area contributed by atoms with Crippen LogP contribution in [0.15, 0.2) is 36.4 Å². The summed E-state index contributed by atoms with van der Waals surface area (Å²) in [5.74, 6) is 0.709. The Morgan fingerprint density at radius 2 is 1.55 bits per heavy atom. The predicted octanol–water partition coefficient (Wildman–Crippen LogP) is 4.37. The van der Waals surface area contributed by atoms with Crippen LogP contribution in [0.3, 0.4) is 0 Å². The summed E-state index contributed by atoms with van der Waals surface area (Å²) in [7, 11) is 6.34. The van der Waals surface area contributed by atoms with Gasteiger partial charge in [-0.15, -0.1) is 0 Å². The first-order valence-electron chi connectivity index (χ1n) is 10.5. The van der Waals surface area contributed by atoms with Crippen LogP contribution in [0.2, 0.25) is 0 Å². The van der Waals surface area contributed by atoms with Crippen LogP contribution in [-0.4, -0.2) is 51.1 Å². The maximum Gasteiger partial charge on any atom is 0.255 e. The quantitative estimate of drug-likeness (QED) is 0.711. The van der Waals surface area contributed by atoms with Gasteiger partial charge < -0.3 is 24.4 Å². The van der Waals surface area contributed by atoms with Crippen LogP contribution in [-0.2, 0) is 0 Å². The number of rotatable bonds is 7. The summed E-state index contributed by atoms with van der Waals surface area (Å²) in [6.07, 6.45) is 5.54. The molecule has 1 aliphatic carbocycles. The second-order valence-corrected chi connectivity index (χ2v) is 7.62. The molecule has 0 saturated heterocycles. The smallest absolute Gasteiger partial charge is 0.255 e. The summed E-state index contributed by atoms with van der Waals surface area (Å²) in [4.78, 5) is 28.0. The Balaban J connectivity index is 1.85. The summed E-state index contributed by atoms with van der Waals surface area (Å²) in [5.41, 5.74) is 1.27. The topological polar surface area (TPSA) is 77.1 Å². The van der Waals surface area contributed by atoms with Gasteiger partial charge in [0.1, 0.15) is 0 Å². The van der Waals surface area contributed by atoms with Crippen molar-refractivity contribution in [2.75, 3.05) is 33.7 Å². The molecule has 1 saturated carbocycles. The van der Waals surface area contributed by atoms with Crippen molar-refractivity contribution in [3.63, 3.8) is 0 Å². The Bertz CT molecular complexity index is 912.